The summed E-state index contributed by atoms with van der Waals surface area (Å²) in [6.07, 6.45) is 5.11. The van der Waals surface area contributed by atoms with Crippen molar-refractivity contribution in [2.24, 2.45) is 0 Å². The summed E-state index contributed by atoms with van der Waals surface area (Å²) in [6, 6.07) is 7.69. The molecule has 2 aliphatic rings. The zero-order valence-electron chi connectivity index (χ0n) is 41.1. The third kappa shape index (κ3) is 13.6. The molecule has 0 amide bonds. The van der Waals surface area contributed by atoms with Crippen LogP contribution in [-0.4, -0.2) is 146 Å². The van der Waals surface area contributed by atoms with E-state index in [9.17, 15) is 87.7 Å². The van der Waals surface area contributed by atoms with Gasteiger partial charge in [0.15, 0.2) is 0 Å². The van der Waals surface area contributed by atoms with Crippen molar-refractivity contribution in [1.82, 2.24) is 0 Å². The predicted molar refractivity (Wildman–Crippen MR) is 278 cm³/mol. The number of nitrogens with zero attached hydrogens (tertiary/aromatic N) is 2. The number of benzene rings is 4. The van der Waals surface area contributed by atoms with Crippen molar-refractivity contribution >= 4 is 99.6 Å². The Morgan fingerprint density at radius 2 is 1.14 bits per heavy atom. The Balaban J connectivity index is 1.67. The number of methoxy groups -OCH3 is 1. The lowest BCUT2D eigenvalue weighted by Crippen LogP contribution is -2.43. The molecule has 420 valence electrons. The maximum Gasteiger partial charge on any atom is 0.303 e. The highest BCUT2D eigenvalue weighted by Crippen LogP contribution is 2.55. The van der Waals surface area contributed by atoms with Gasteiger partial charge in [0.05, 0.1) is 40.6 Å². The Morgan fingerprint density at radius 1 is 0.605 bits per heavy atom. The van der Waals surface area contributed by atoms with Gasteiger partial charge in [-0.05, 0) is 110 Å². The van der Waals surface area contributed by atoms with E-state index in [0.717, 1.165) is 12.1 Å². The number of hydrogen-bond acceptors (Lipinski definition) is 17. The summed E-state index contributed by atoms with van der Waals surface area (Å²) >= 11 is 0. The summed E-state index contributed by atoms with van der Waals surface area (Å²) in [5.74, 6) is -2.58. The second-order valence-electron chi connectivity index (χ2n) is 18.9. The second-order valence-corrected chi connectivity index (χ2v) is 27.7. The summed E-state index contributed by atoms with van der Waals surface area (Å²) in [7, 11) is -28.4. The van der Waals surface area contributed by atoms with Gasteiger partial charge in [-0.1, -0.05) is 37.6 Å². The van der Waals surface area contributed by atoms with E-state index < -0.39 is 115 Å². The van der Waals surface area contributed by atoms with E-state index in [4.69, 9.17) is 9.47 Å². The van der Waals surface area contributed by atoms with Crippen molar-refractivity contribution in [3.63, 3.8) is 0 Å². The molecule has 0 aromatic heterocycles. The second kappa shape index (κ2) is 22.6. The van der Waals surface area contributed by atoms with E-state index in [2.05, 4.69) is 0 Å². The quantitative estimate of drug-likeness (QED) is 0.0310. The molecule has 3 unspecified atom stereocenters. The number of anilines is 2. The fraction of sp³-hybridized carbons (Fsp3) is 0.457. The van der Waals surface area contributed by atoms with Crippen LogP contribution in [-0.2, 0) is 85.8 Å². The largest absolute Gasteiger partial charge is 0.481 e. The number of carbonyl (C=O) groups is 1. The van der Waals surface area contributed by atoms with Crippen LogP contribution in [0.4, 0.5) is 11.4 Å². The minimum absolute atomic E-state index is 0.00181. The number of carboxylic acid groups (broad SMARTS) is 1. The molecule has 7 N–H and O–H groups in total. The lowest BCUT2D eigenvalue weighted by molar-refractivity contribution is -0.137. The first-order chi connectivity index (χ1) is 35.0. The highest BCUT2D eigenvalue weighted by atomic mass is 32.2. The molecule has 0 radical (unpaired) electrons. The van der Waals surface area contributed by atoms with Crippen molar-refractivity contribution < 1.29 is 97.2 Å². The number of allylic oxidation sites excluding steroid dienone is 3. The molecule has 0 fully saturated rings. The highest BCUT2D eigenvalue weighted by molar-refractivity contribution is 7.87. The third-order valence-electron chi connectivity index (χ3n) is 13.7. The van der Waals surface area contributed by atoms with E-state index in [0.29, 0.717) is 41.9 Å². The van der Waals surface area contributed by atoms with Crippen molar-refractivity contribution in [3.8, 4) is 0 Å². The van der Waals surface area contributed by atoms with E-state index >= 15 is 0 Å². The number of ether oxygens (including phenoxy) is 2. The average Bonchev–Trinajstić information content (AvgIpc) is 3.66. The van der Waals surface area contributed by atoms with Crippen LogP contribution in [0.2, 0.25) is 0 Å². The van der Waals surface area contributed by atoms with E-state index in [-0.39, 0.29) is 104 Å². The van der Waals surface area contributed by atoms with Gasteiger partial charge in [-0.2, -0.15) is 50.5 Å². The fourth-order valence-electron chi connectivity index (χ4n) is 10.4. The minimum atomic E-state index is -5.23. The summed E-state index contributed by atoms with van der Waals surface area (Å²) in [5.41, 5.74) is -1.23. The number of hydrogen-bond donors (Lipinski definition) is 7. The molecule has 4 aromatic rings. The van der Waals surface area contributed by atoms with Crippen LogP contribution < -0.4 is 9.80 Å². The van der Waals surface area contributed by atoms with Gasteiger partial charge in [0.2, 0.25) is 0 Å². The number of rotatable bonds is 26. The van der Waals surface area contributed by atoms with Crippen LogP contribution >= 0.6 is 0 Å². The predicted octanol–water partition coefficient (Wildman–Crippen LogP) is 5.29. The zero-order valence-corrected chi connectivity index (χ0v) is 46.0. The van der Waals surface area contributed by atoms with Gasteiger partial charge in [-0.15, -0.1) is 0 Å². The molecule has 24 nitrogen and oxygen atoms in total. The molecule has 0 aliphatic carbocycles. The molecular formula is C46H58N2O22S6. The van der Waals surface area contributed by atoms with Gasteiger partial charge >= 0.3 is 5.97 Å². The normalized spacial score (nSPS) is 20.1. The molecule has 2 aliphatic heterocycles. The summed E-state index contributed by atoms with van der Waals surface area (Å²) < 4.78 is 223. The smallest absolute Gasteiger partial charge is 0.303 e. The highest BCUT2D eigenvalue weighted by Gasteiger charge is 2.49. The van der Waals surface area contributed by atoms with Gasteiger partial charge in [0.25, 0.3) is 60.7 Å². The lowest BCUT2D eigenvalue weighted by Gasteiger charge is -2.36. The molecule has 3 atom stereocenters. The number of fused-ring (bicyclic) bond motifs is 6. The molecule has 6 rings (SSSR count). The monoisotopic (exact) mass is 1180 g/mol. The number of unbranched alkanes of at least 4 members (excludes halogenated alkanes) is 2. The van der Waals surface area contributed by atoms with E-state index in [1.165, 1.54) is 25.3 Å². The van der Waals surface area contributed by atoms with E-state index in [1.807, 2.05) is 4.90 Å². The molecule has 0 saturated heterocycles. The van der Waals surface area contributed by atoms with Crippen LogP contribution in [0.1, 0.15) is 76.3 Å². The Bertz CT molecular complexity index is 3700. The van der Waals surface area contributed by atoms with Crippen molar-refractivity contribution in [3.05, 3.63) is 83.6 Å². The number of carboxylic acids is 1. The minimum Gasteiger partial charge on any atom is -0.481 e. The maximum atomic E-state index is 12.9. The van der Waals surface area contributed by atoms with Crippen LogP contribution in [0.25, 0.3) is 21.5 Å². The topological polar surface area (TPSA) is 388 Å². The Labute approximate surface area is 440 Å². The molecule has 0 bridgehead atoms. The van der Waals surface area contributed by atoms with Crippen molar-refractivity contribution in [2.75, 3.05) is 61.3 Å². The first-order valence-electron chi connectivity index (χ1n) is 23.3. The Morgan fingerprint density at radius 3 is 1.66 bits per heavy atom. The fourth-order valence-corrected chi connectivity index (χ4v) is 14.1. The Hall–Kier alpha value is -4.67. The van der Waals surface area contributed by atoms with Crippen molar-refractivity contribution in [2.45, 2.75) is 102 Å². The molecule has 4 aromatic carbocycles. The van der Waals surface area contributed by atoms with Gasteiger partial charge in [-0.25, -0.2) is 0 Å². The summed E-state index contributed by atoms with van der Waals surface area (Å²) in [5, 5.41) is 8.85. The van der Waals surface area contributed by atoms with Gasteiger partial charge in [-0.3, -0.25) is 32.1 Å². The lowest BCUT2D eigenvalue weighted by atomic mass is 9.73. The molecule has 30 heteroatoms. The first kappa shape index (κ1) is 60.6. The standard InChI is InChI=1S/C46H58N2O22S6/c1-45(17-8-24-71(51,52)53)40(48(20-9-25-72(54,55)56)36-15-13-32-34(43(36)45)26-30(73(57,58)59)28-38(32)75(63,64)65)10-7-11-41-46(2,18-21-70-23-22-69-3)44-35-27-31(74(60,61)62)29-39(76(66,67)68)33(35)14-16-37(44)47(41)19-6-4-5-12-42(49)50/h7,10-11,13-16,26-29,40H,4-6,8-9,12,17-25H2,1-3H3,(H,49,50)(H,51,52,53)(H,54,55,56)(H,57,58,59)(H,60,61,62)(H,63,64,65)(H,66,67,68). The van der Waals surface area contributed by atoms with E-state index in [1.54, 1.807) is 43.0 Å². The van der Waals surface area contributed by atoms with Crippen molar-refractivity contribution in [1.29, 1.82) is 0 Å². The van der Waals surface area contributed by atoms with Crippen LogP contribution in [0.3, 0.4) is 0 Å². The third-order valence-corrected chi connectivity index (χ3v) is 18.8. The SMILES string of the molecule is COCCOCCC1(C)C(=CC=CC2N(CCCS(=O)(=O)O)c3ccc4c(S(=O)(=O)O)cc(S(=O)(=O)O)cc4c3C2(C)CCCS(=O)(=O)O)N(CCCCCC(=O)O)c2ccc3c(S(=O)(=O)O)cc(S(=O)(=O)O)cc3c21. The average molecular weight is 1180 g/mol. The van der Waals surface area contributed by atoms with Gasteiger partial charge in [0, 0.05) is 71.9 Å². The molecule has 2 heterocycles. The molecule has 0 saturated carbocycles. The molecular weight excluding hydrogens is 1120 g/mol. The zero-order chi connectivity index (χ0) is 56.6. The first-order valence-corrected chi connectivity index (χ1v) is 32.3. The van der Waals surface area contributed by atoms with Crippen LogP contribution in [0.15, 0.2) is 92.0 Å². The van der Waals surface area contributed by atoms with Crippen LogP contribution in [0.5, 0.6) is 0 Å². The number of aliphatic carboxylic acids is 1. The molecule has 76 heavy (non-hydrogen) atoms. The maximum absolute atomic E-state index is 12.9. The summed E-state index contributed by atoms with van der Waals surface area (Å²) in [4.78, 5) is 11.4. The van der Waals surface area contributed by atoms with Crippen LogP contribution in [0, 0.1) is 0 Å². The van der Waals surface area contributed by atoms with Gasteiger partial charge in [0.1, 0.15) is 9.79 Å². The van der Waals surface area contributed by atoms with Gasteiger partial charge < -0.3 is 24.4 Å². The Kier molecular flexibility index (Phi) is 18.0. The molecule has 0 spiro atoms. The summed E-state index contributed by atoms with van der Waals surface area (Å²) in [6.45, 7) is 3.65.